The molecule has 1 aromatic heterocycles. The minimum Gasteiger partial charge on any atom is -0.475 e. The second kappa shape index (κ2) is 5.55. The molecule has 0 amide bonds. The lowest BCUT2D eigenvalue weighted by molar-refractivity contribution is 0.0656. The third-order valence-electron chi connectivity index (χ3n) is 3.48. The maximum atomic E-state index is 12.4. The fourth-order valence-electron chi connectivity index (χ4n) is 2.26. The van der Waals surface area contributed by atoms with E-state index in [1.165, 1.54) is 10.4 Å². The van der Waals surface area contributed by atoms with Gasteiger partial charge in [0.2, 0.25) is 10.9 Å². The summed E-state index contributed by atoms with van der Waals surface area (Å²) in [6.07, 6.45) is 1.71. The van der Waals surface area contributed by atoms with Gasteiger partial charge in [0.15, 0.2) is 0 Å². The molecular formula is C12H18N2O5S. The van der Waals surface area contributed by atoms with Crippen molar-refractivity contribution in [3.8, 4) is 0 Å². The first-order valence-corrected chi connectivity index (χ1v) is 7.76. The molecule has 1 aliphatic heterocycles. The van der Waals surface area contributed by atoms with E-state index in [1.807, 2.05) is 19.0 Å². The molecule has 1 N–H and O–H groups in total. The van der Waals surface area contributed by atoms with Crippen molar-refractivity contribution in [1.29, 1.82) is 0 Å². The number of carboxylic acid groups (broad SMARTS) is 1. The van der Waals surface area contributed by atoms with Gasteiger partial charge in [-0.15, -0.1) is 0 Å². The van der Waals surface area contributed by atoms with Crippen molar-refractivity contribution in [2.45, 2.75) is 24.0 Å². The standard InChI is InChI=1S/C12H18N2O5S/c1-13(2)9-4-3-7-14(8-9)20(17,18)11-6-5-10(19-11)12(15)16/h5-6,9H,3-4,7-8H2,1-2H3,(H,15,16). The molecule has 0 saturated carbocycles. The Labute approximate surface area is 117 Å². The lowest BCUT2D eigenvalue weighted by Crippen LogP contribution is -2.47. The summed E-state index contributed by atoms with van der Waals surface area (Å²) in [4.78, 5) is 12.7. The molecule has 1 unspecified atom stereocenters. The largest absolute Gasteiger partial charge is 0.475 e. The highest BCUT2D eigenvalue weighted by atomic mass is 32.2. The molecule has 0 aliphatic carbocycles. The van der Waals surface area contributed by atoms with Gasteiger partial charge in [-0.1, -0.05) is 0 Å². The Morgan fingerprint density at radius 2 is 2.15 bits per heavy atom. The molecule has 2 rings (SSSR count). The van der Waals surface area contributed by atoms with Gasteiger partial charge in [0.25, 0.3) is 10.0 Å². The number of hydrogen-bond acceptors (Lipinski definition) is 5. The molecule has 0 aromatic carbocycles. The van der Waals surface area contributed by atoms with Crippen molar-refractivity contribution in [3.05, 3.63) is 17.9 Å². The lowest BCUT2D eigenvalue weighted by Gasteiger charge is -2.34. The smallest absolute Gasteiger partial charge is 0.371 e. The monoisotopic (exact) mass is 302 g/mol. The first-order chi connectivity index (χ1) is 9.32. The Kier molecular flexibility index (Phi) is 4.17. The van der Waals surface area contributed by atoms with Gasteiger partial charge in [-0.05, 0) is 39.1 Å². The van der Waals surface area contributed by atoms with Crippen LogP contribution in [0.5, 0.6) is 0 Å². The number of carboxylic acids is 1. The molecular weight excluding hydrogens is 284 g/mol. The Morgan fingerprint density at radius 3 is 2.70 bits per heavy atom. The second-order valence-corrected chi connectivity index (χ2v) is 6.92. The van der Waals surface area contributed by atoms with Crippen molar-refractivity contribution >= 4 is 16.0 Å². The molecule has 1 saturated heterocycles. The average Bonchev–Trinajstić information content (AvgIpc) is 2.89. The molecule has 20 heavy (non-hydrogen) atoms. The quantitative estimate of drug-likeness (QED) is 0.880. The number of aromatic carboxylic acids is 1. The summed E-state index contributed by atoms with van der Waals surface area (Å²) in [5, 5.41) is 8.47. The topological polar surface area (TPSA) is 91.1 Å². The summed E-state index contributed by atoms with van der Waals surface area (Å²) >= 11 is 0. The minimum absolute atomic E-state index is 0.160. The van der Waals surface area contributed by atoms with Crippen LogP contribution in [0, 0.1) is 0 Å². The molecule has 1 aliphatic rings. The van der Waals surface area contributed by atoms with E-state index < -0.39 is 16.0 Å². The van der Waals surface area contributed by atoms with Crippen molar-refractivity contribution in [1.82, 2.24) is 9.21 Å². The summed E-state index contributed by atoms with van der Waals surface area (Å²) in [7, 11) is 0.0613. The van der Waals surface area contributed by atoms with Gasteiger partial charge >= 0.3 is 5.97 Å². The maximum Gasteiger partial charge on any atom is 0.371 e. The predicted octanol–water partition coefficient (Wildman–Crippen LogP) is 0.692. The van der Waals surface area contributed by atoms with Gasteiger partial charge in [-0.2, -0.15) is 4.31 Å². The summed E-state index contributed by atoms with van der Waals surface area (Å²) < 4.78 is 31.1. The number of hydrogen-bond donors (Lipinski definition) is 1. The normalized spacial score (nSPS) is 21.2. The van der Waals surface area contributed by atoms with Gasteiger partial charge < -0.3 is 14.4 Å². The molecule has 112 valence electrons. The fourth-order valence-corrected chi connectivity index (χ4v) is 3.69. The summed E-state index contributed by atoms with van der Waals surface area (Å²) in [6.45, 7) is 0.814. The molecule has 8 heteroatoms. The van der Waals surface area contributed by atoms with E-state index in [1.54, 1.807) is 0 Å². The fraction of sp³-hybridized carbons (Fsp3) is 0.583. The molecule has 1 fully saturated rings. The molecule has 0 radical (unpaired) electrons. The summed E-state index contributed by atoms with van der Waals surface area (Å²) in [5.41, 5.74) is 0. The van der Waals surface area contributed by atoms with Crippen molar-refractivity contribution in [2.24, 2.45) is 0 Å². The van der Waals surface area contributed by atoms with Crippen molar-refractivity contribution < 1.29 is 22.7 Å². The van der Waals surface area contributed by atoms with Crippen LogP contribution in [0.2, 0.25) is 0 Å². The molecule has 1 atom stereocenters. The third kappa shape index (κ3) is 2.87. The Morgan fingerprint density at radius 1 is 1.45 bits per heavy atom. The van der Waals surface area contributed by atoms with Crippen LogP contribution in [0.15, 0.2) is 21.6 Å². The zero-order valence-electron chi connectivity index (χ0n) is 11.4. The third-order valence-corrected chi connectivity index (χ3v) is 5.22. The predicted molar refractivity (Wildman–Crippen MR) is 71.1 cm³/mol. The first kappa shape index (κ1) is 15.0. The highest BCUT2D eigenvalue weighted by molar-refractivity contribution is 7.89. The van der Waals surface area contributed by atoms with E-state index in [-0.39, 0.29) is 16.9 Å². The number of likely N-dealkylation sites (N-methyl/N-ethyl adjacent to an activating group) is 1. The lowest BCUT2D eigenvalue weighted by atomic mass is 10.1. The maximum absolute atomic E-state index is 12.4. The van der Waals surface area contributed by atoms with Crippen LogP contribution in [-0.4, -0.2) is 61.9 Å². The van der Waals surface area contributed by atoms with E-state index >= 15 is 0 Å². The van der Waals surface area contributed by atoms with Crippen molar-refractivity contribution in [2.75, 3.05) is 27.2 Å². The van der Waals surface area contributed by atoms with E-state index in [4.69, 9.17) is 9.52 Å². The van der Waals surface area contributed by atoms with Crippen LogP contribution >= 0.6 is 0 Å². The average molecular weight is 302 g/mol. The SMILES string of the molecule is CN(C)C1CCCN(S(=O)(=O)c2ccc(C(=O)O)o2)C1. The molecule has 2 heterocycles. The number of rotatable bonds is 4. The second-order valence-electron chi connectivity index (χ2n) is 5.05. The van der Waals surface area contributed by atoms with Crippen LogP contribution in [0.4, 0.5) is 0 Å². The van der Waals surface area contributed by atoms with Gasteiger partial charge in [-0.3, -0.25) is 0 Å². The van der Waals surface area contributed by atoms with Crippen LogP contribution in [0.1, 0.15) is 23.4 Å². The summed E-state index contributed by atoms with van der Waals surface area (Å²) in [5.74, 6) is -1.65. The van der Waals surface area contributed by atoms with Crippen LogP contribution in [-0.2, 0) is 10.0 Å². The number of sulfonamides is 1. The summed E-state index contributed by atoms with van der Waals surface area (Å²) in [6, 6.07) is 2.51. The zero-order valence-corrected chi connectivity index (χ0v) is 12.3. The molecule has 0 spiro atoms. The number of furan rings is 1. The minimum atomic E-state index is -3.76. The molecule has 7 nitrogen and oxygen atoms in total. The van der Waals surface area contributed by atoms with Crippen LogP contribution in [0.25, 0.3) is 0 Å². The van der Waals surface area contributed by atoms with Crippen LogP contribution < -0.4 is 0 Å². The Hall–Kier alpha value is -1.38. The van der Waals surface area contributed by atoms with E-state index in [9.17, 15) is 13.2 Å². The van der Waals surface area contributed by atoms with E-state index in [0.29, 0.717) is 13.1 Å². The molecule has 0 bridgehead atoms. The Bertz CT molecular complexity index is 593. The van der Waals surface area contributed by atoms with Crippen LogP contribution in [0.3, 0.4) is 0 Å². The number of carbonyl (C=O) groups is 1. The van der Waals surface area contributed by atoms with Gasteiger partial charge in [0, 0.05) is 19.1 Å². The molecule has 1 aromatic rings. The Balaban J connectivity index is 2.22. The highest BCUT2D eigenvalue weighted by Gasteiger charge is 2.33. The van der Waals surface area contributed by atoms with E-state index in [0.717, 1.165) is 18.9 Å². The van der Waals surface area contributed by atoms with Gasteiger partial charge in [-0.25, -0.2) is 13.2 Å². The first-order valence-electron chi connectivity index (χ1n) is 6.32. The van der Waals surface area contributed by atoms with E-state index in [2.05, 4.69) is 0 Å². The van der Waals surface area contributed by atoms with Crippen molar-refractivity contribution in [3.63, 3.8) is 0 Å². The van der Waals surface area contributed by atoms with Gasteiger partial charge in [0.05, 0.1) is 0 Å². The highest BCUT2D eigenvalue weighted by Crippen LogP contribution is 2.23. The number of nitrogens with zero attached hydrogens (tertiary/aromatic N) is 2. The zero-order chi connectivity index (χ0) is 14.9. The van der Waals surface area contributed by atoms with Gasteiger partial charge in [0.1, 0.15) is 0 Å². The number of piperidine rings is 1.